The fourth-order valence-electron chi connectivity index (χ4n) is 3.72. The van der Waals surface area contributed by atoms with Crippen molar-refractivity contribution in [1.82, 2.24) is 10.2 Å². The highest BCUT2D eigenvalue weighted by atomic mass is 15.2. The zero-order valence-electron chi connectivity index (χ0n) is 11.9. The molecule has 2 aliphatic rings. The predicted molar refractivity (Wildman–Crippen MR) is 74.2 cm³/mol. The van der Waals surface area contributed by atoms with Gasteiger partial charge in [0.2, 0.25) is 0 Å². The zero-order valence-corrected chi connectivity index (χ0v) is 11.9. The summed E-state index contributed by atoms with van der Waals surface area (Å²) in [6, 6.07) is 1.61. The molecule has 1 saturated heterocycles. The molecule has 1 aliphatic carbocycles. The van der Waals surface area contributed by atoms with Gasteiger partial charge < -0.3 is 5.32 Å². The van der Waals surface area contributed by atoms with Crippen LogP contribution in [0.4, 0.5) is 0 Å². The molecule has 0 amide bonds. The number of nitrogens with one attached hydrogen (secondary N) is 1. The average Bonchev–Trinajstić information content (AvgIpc) is 2.55. The monoisotopic (exact) mass is 238 g/mol. The van der Waals surface area contributed by atoms with Crippen LogP contribution in [-0.4, -0.2) is 36.6 Å². The van der Waals surface area contributed by atoms with Crippen molar-refractivity contribution in [2.24, 2.45) is 11.8 Å². The molecule has 4 atom stereocenters. The van der Waals surface area contributed by atoms with Crippen molar-refractivity contribution in [1.29, 1.82) is 0 Å². The molecule has 0 aromatic carbocycles. The lowest BCUT2D eigenvalue weighted by Crippen LogP contribution is -2.44. The van der Waals surface area contributed by atoms with Crippen LogP contribution >= 0.6 is 0 Å². The lowest BCUT2D eigenvalue weighted by molar-refractivity contribution is 0.152. The molecule has 2 nitrogen and oxygen atoms in total. The van der Waals surface area contributed by atoms with E-state index < -0.39 is 0 Å². The smallest absolute Gasteiger partial charge is 0.0195 e. The summed E-state index contributed by atoms with van der Waals surface area (Å²) in [5.41, 5.74) is 0. The third-order valence-corrected chi connectivity index (χ3v) is 5.04. The van der Waals surface area contributed by atoms with E-state index in [0.29, 0.717) is 0 Å². The van der Waals surface area contributed by atoms with Crippen LogP contribution < -0.4 is 5.32 Å². The van der Waals surface area contributed by atoms with E-state index in [2.05, 4.69) is 31.0 Å². The highest BCUT2D eigenvalue weighted by Gasteiger charge is 2.34. The van der Waals surface area contributed by atoms with Gasteiger partial charge in [0.1, 0.15) is 0 Å². The summed E-state index contributed by atoms with van der Waals surface area (Å²) in [6.07, 6.45) is 6.85. The van der Waals surface area contributed by atoms with Crippen molar-refractivity contribution in [2.45, 2.75) is 65.0 Å². The number of nitrogens with zero attached hydrogens (tertiary/aromatic N) is 1. The Labute approximate surface area is 107 Å². The summed E-state index contributed by atoms with van der Waals surface area (Å²) in [7, 11) is 0. The Bertz CT molecular complexity index is 229. The van der Waals surface area contributed by atoms with Gasteiger partial charge in [-0.15, -0.1) is 0 Å². The molecular formula is C15H30N2. The Hall–Kier alpha value is -0.0800. The summed E-state index contributed by atoms with van der Waals surface area (Å²) >= 11 is 0. The van der Waals surface area contributed by atoms with Crippen molar-refractivity contribution in [3.05, 3.63) is 0 Å². The summed E-state index contributed by atoms with van der Waals surface area (Å²) in [6.45, 7) is 11.0. The lowest BCUT2D eigenvalue weighted by Gasteiger charge is -2.33. The first-order chi connectivity index (χ1) is 8.22. The zero-order chi connectivity index (χ0) is 12.3. The molecule has 4 unspecified atom stereocenters. The van der Waals surface area contributed by atoms with Crippen molar-refractivity contribution < 1.29 is 0 Å². The van der Waals surface area contributed by atoms with E-state index in [1.165, 1.54) is 51.7 Å². The van der Waals surface area contributed by atoms with Gasteiger partial charge >= 0.3 is 0 Å². The highest BCUT2D eigenvalue weighted by Crippen LogP contribution is 2.35. The quantitative estimate of drug-likeness (QED) is 0.813. The van der Waals surface area contributed by atoms with Crippen molar-refractivity contribution in [2.75, 3.05) is 19.6 Å². The molecule has 0 bridgehead atoms. The first-order valence-electron chi connectivity index (χ1n) is 7.69. The van der Waals surface area contributed by atoms with Crippen molar-refractivity contribution in [3.8, 4) is 0 Å². The molecule has 0 radical (unpaired) electrons. The molecule has 1 N–H and O–H groups in total. The summed E-state index contributed by atoms with van der Waals surface area (Å²) in [5.74, 6) is 1.83. The van der Waals surface area contributed by atoms with Crippen LogP contribution in [0.3, 0.4) is 0 Å². The minimum Gasteiger partial charge on any atom is -0.313 e. The Morgan fingerprint density at radius 2 is 2.06 bits per heavy atom. The Balaban J connectivity index is 1.94. The van der Waals surface area contributed by atoms with Crippen LogP contribution in [0, 0.1) is 11.8 Å². The Morgan fingerprint density at radius 3 is 2.71 bits per heavy atom. The van der Waals surface area contributed by atoms with Crippen molar-refractivity contribution in [3.63, 3.8) is 0 Å². The molecular weight excluding hydrogens is 208 g/mol. The second-order valence-corrected chi connectivity index (χ2v) is 6.27. The standard InChI is InChI=1S/C15H30N2/c1-4-6-14-11-17(10-5-9-16-14)15-8-7-12(2)13(15)3/h12-16H,4-11H2,1-3H3. The minimum absolute atomic E-state index is 0.741. The number of hydrogen-bond donors (Lipinski definition) is 1. The van der Waals surface area contributed by atoms with Crippen LogP contribution in [0.2, 0.25) is 0 Å². The first-order valence-corrected chi connectivity index (χ1v) is 7.69. The van der Waals surface area contributed by atoms with E-state index in [9.17, 15) is 0 Å². The molecule has 1 saturated carbocycles. The van der Waals surface area contributed by atoms with Crippen LogP contribution in [0.15, 0.2) is 0 Å². The van der Waals surface area contributed by atoms with Crippen molar-refractivity contribution >= 4 is 0 Å². The summed E-state index contributed by atoms with van der Waals surface area (Å²) < 4.78 is 0. The topological polar surface area (TPSA) is 15.3 Å². The maximum atomic E-state index is 3.72. The Kier molecular flexibility index (Phi) is 4.87. The van der Waals surface area contributed by atoms with Crippen LogP contribution in [-0.2, 0) is 0 Å². The van der Waals surface area contributed by atoms with Gasteiger partial charge in [-0.3, -0.25) is 4.90 Å². The van der Waals surface area contributed by atoms with Crippen LogP contribution in [0.25, 0.3) is 0 Å². The van der Waals surface area contributed by atoms with Gasteiger partial charge in [-0.25, -0.2) is 0 Å². The van der Waals surface area contributed by atoms with Gasteiger partial charge in [-0.2, -0.15) is 0 Å². The third-order valence-electron chi connectivity index (χ3n) is 5.04. The average molecular weight is 238 g/mol. The van der Waals surface area contributed by atoms with Crippen LogP contribution in [0.1, 0.15) is 52.9 Å². The van der Waals surface area contributed by atoms with E-state index in [-0.39, 0.29) is 0 Å². The molecule has 100 valence electrons. The predicted octanol–water partition coefficient (Wildman–Crippen LogP) is 2.89. The van der Waals surface area contributed by atoms with Gasteiger partial charge in [-0.05, 0) is 50.6 Å². The van der Waals surface area contributed by atoms with E-state index in [4.69, 9.17) is 0 Å². The molecule has 17 heavy (non-hydrogen) atoms. The van der Waals surface area contributed by atoms with Gasteiger partial charge in [0, 0.05) is 18.6 Å². The second-order valence-electron chi connectivity index (χ2n) is 6.27. The minimum atomic E-state index is 0.741. The molecule has 1 heterocycles. The molecule has 0 aromatic heterocycles. The molecule has 1 aliphatic heterocycles. The Morgan fingerprint density at radius 1 is 1.24 bits per heavy atom. The first kappa shape index (κ1) is 13.4. The van der Waals surface area contributed by atoms with Crippen LogP contribution in [0.5, 0.6) is 0 Å². The van der Waals surface area contributed by atoms with Gasteiger partial charge in [0.05, 0.1) is 0 Å². The largest absolute Gasteiger partial charge is 0.313 e. The normalized spacial score (nSPS) is 40.4. The SMILES string of the molecule is CCCC1CN(C2CCC(C)C2C)CCCN1. The maximum Gasteiger partial charge on any atom is 0.0195 e. The number of rotatable bonds is 3. The molecule has 2 rings (SSSR count). The highest BCUT2D eigenvalue weighted by molar-refractivity contribution is 4.89. The van der Waals surface area contributed by atoms with Gasteiger partial charge in [0.25, 0.3) is 0 Å². The lowest BCUT2D eigenvalue weighted by atomic mass is 9.96. The van der Waals surface area contributed by atoms with E-state index in [1.54, 1.807) is 0 Å². The molecule has 2 fully saturated rings. The fraction of sp³-hybridized carbons (Fsp3) is 1.00. The van der Waals surface area contributed by atoms with E-state index in [0.717, 1.165) is 23.9 Å². The van der Waals surface area contributed by atoms with Gasteiger partial charge in [0.15, 0.2) is 0 Å². The number of hydrogen-bond acceptors (Lipinski definition) is 2. The van der Waals surface area contributed by atoms with Gasteiger partial charge in [-0.1, -0.05) is 27.2 Å². The van der Waals surface area contributed by atoms with E-state index >= 15 is 0 Å². The molecule has 0 aromatic rings. The second kappa shape index (κ2) is 6.19. The maximum absolute atomic E-state index is 3.72. The fourth-order valence-corrected chi connectivity index (χ4v) is 3.72. The molecule has 2 heteroatoms. The third kappa shape index (κ3) is 3.23. The molecule has 0 spiro atoms. The summed E-state index contributed by atoms with van der Waals surface area (Å²) in [4.78, 5) is 2.80. The van der Waals surface area contributed by atoms with E-state index in [1.807, 2.05) is 0 Å². The summed E-state index contributed by atoms with van der Waals surface area (Å²) in [5, 5.41) is 3.72.